The van der Waals surface area contributed by atoms with Crippen molar-refractivity contribution < 1.29 is 32.7 Å². The molecule has 31 heavy (non-hydrogen) atoms. The molecule has 13 heteroatoms. The predicted octanol–water partition coefficient (Wildman–Crippen LogP) is 1.26. The molecule has 2 aliphatic heterocycles. The number of carbonyl (C=O) groups excluding carboxylic acids is 2. The lowest BCUT2D eigenvalue weighted by atomic mass is 9.93. The molecular formula is C18H28F3N5O4S. The number of piperidine rings is 1. The number of nitrogens with zero attached hydrogens (tertiary/aromatic N) is 4. The van der Waals surface area contributed by atoms with E-state index in [9.17, 15) is 22.8 Å². The number of rotatable bonds is 3. The number of carboxylic acid groups (broad SMARTS) is 1. The molecular weight excluding hydrogens is 439 g/mol. The van der Waals surface area contributed by atoms with Crippen LogP contribution in [-0.2, 0) is 14.4 Å². The lowest BCUT2D eigenvalue weighted by molar-refractivity contribution is -0.192. The average molecular weight is 468 g/mol. The van der Waals surface area contributed by atoms with Gasteiger partial charge in [-0.05, 0) is 12.8 Å². The van der Waals surface area contributed by atoms with Gasteiger partial charge in [0.05, 0.1) is 18.5 Å². The molecule has 2 aliphatic rings. The fourth-order valence-electron chi connectivity index (χ4n) is 3.05. The van der Waals surface area contributed by atoms with Gasteiger partial charge in [0.1, 0.15) is 6.04 Å². The molecule has 2 rings (SSSR count). The van der Waals surface area contributed by atoms with E-state index in [-0.39, 0.29) is 35.9 Å². The van der Waals surface area contributed by atoms with Crippen molar-refractivity contribution in [2.75, 3.05) is 31.3 Å². The van der Waals surface area contributed by atoms with Crippen LogP contribution in [-0.4, -0.2) is 87.2 Å². The molecule has 0 spiro atoms. The Morgan fingerprint density at radius 2 is 1.74 bits per heavy atom. The van der Waals surface area contributed by atoms with E-state index in [2.05, 4.69) is 6.07 Å². The zero-order valence-electron chi connectivity index (χ0n) is 17.7. The van der Waals surface area contributed by atoms with Crippen LogP contribution in [0.1, 0.15) is 33.6 Å². The normalized spacial score (nSPS) is 20.2. The molecule has 176 valence electrons. The summed E-state index contributed by atoms with van der Waals surface area (Å²) in [6, 6.07) is 1.91. The van der Waals surface area contributed by atoms with Gasteiger partial charge in [-0.2, -0.15) is 18.4 Å². The Morgan fingerprint density at radius 3 is 2.16 bits per heavy atom. The van der Waals surface area contributed by atoms with Crippen molar-refractivity contribution in [2.24, 2.45) is 11.3 Å². The first-order chi connectivity index (χ1) is 14.2. The number of carbonyl (C=O) groups is 3. The van der Waals surface area contributed by atoms with Crippen LogP contribution < -0.4 is 5.84 Å². The Morgan fingerprint density at radius 1 is 1.23 bits per heavy atom. The lowest BCUT2D eigenvalue weighted by Gasteiger charge is -2.38. The Kier molecular flexibility index (Phi) is 9.59. The van der Waals surface area contributed by atoms with Gasteiger partial charge in [0, 0.05) is 30.3 Å². The second-order valence-corrected chi connectivity index (χ2v) is 9.26. The Bertz CT molecular complexity index is 700. The molecule has 0 aromatic carbocycles. The van der Waals surface area contributed by atoms with Crippen LogP contribution in [0, 0.1) is 16.7 Å². The molecule has 0 aromatic rings. The highest BCUT2D eigenvalue weighted by molar-refractivity contribution is 7.99. The summed E-state index contributed by atoms with van der Waals surface area (Å²) in [6.07, 6.45) is -3.55. The lowest BCUT2D eigenvalue weighted by Crippen LogP contribution is -2.54. The first kappa shape index (κ1) is 27.0. The summed E-state index contributed by atoms with van der Waals surface area (Å²) in [6.45, 7) is 7.24. The molecule has 1 atom stereocenters. The van der Waals surface area contributed by atoms with Gasteiger partial charge in [-0.15, -0.1) is 11.8 Å². The van der Waals surface area contributed by atoms with Gasteiger partial charge in [0.25, 0.3) is 0 Å². The summed E-state index contributed by atoms with van der Waals surface area (Å²) in [5.41, 5.74) is -0.370. The number of nitrogens with two attached hydrogens (primary N) is 1. The minimum atomic E-state index is -5.08. The van der Waals surface area contributed by atoms with E-state index >= 15 is 0 Å². The first-order valence-electron chi connectivity index (χ1n) is 9.56. The van der Waals surface area contributed by atoms with Crippen molar-refractivity contribution in [1.82, 2.24) is 14.8 Å². The van der Waals surface area contributed by atoms with Crippen molar-refractivity contribution in [2.45, 2.75) is 51.9 Å². The average Bonchev–Trinajstić information content (AvgIpc) is 3.15. The number of hydrogen-bond donors (Lipinski definition) is 2. The maximum Gasteiger partial charge on any atom is 0.490 e. The third-order valence-corrected chi connectivity index (χ3v) is 5.79. The number of hydrazine groups is 1. The van der Waals surface area contributed by atoms with E-state index in [1.165, 1.54) is 0 Å². The van der Waals surface area contributed by atoms with E-state index in [4.69, 9.17) is 21.0 Å². The van der Waals surface area contributed by atoms with Crippen LogP contribution in [0.3, 0.4) is 0 Å². The number of alkyl halides is 3. The first-order valence-corrected chi connectivity index (χ1v) is 10.7. The Labute approximate surface area is 183 Å². The van der Waals surface area contributed by atoms with E-state index in [0.717, 1.165) is 12.8 Å². The van der Waals surface area contributed by atoms with Crippen molar-refractivity contribution in [3.8, 4) is 6.07 Å². The molecule has 3 N–H and O–H groups in total. The third kappa shape index (κ3) is 8.19. The predicted molar refractivity (Wildman–Crippen MR) is 107 cm³/mol. The maximum absolute atomic E-state index is 12.3. The SMILES string of the molecule is CC(C)(C)C(=O)N1CCC(N(N)CC(=O)N2CSCC2C#N)CC1.O=C(O)C(F)(F)F. The standard InChI is InChI=1S/C16H27N5O2S.C2HF3O2/c1-16(2,3)15(23)19-6-4-12(5-7-19)21(18)9-14(22)20-11-24-10-13(20)8-17;3-2(4,5)1(6)7/h12-13H,4-7,9-11,18H2,1-3H3;(H,6,7). The van der Waals surface area contributed by atoms with E-state index in [1.54, 1.807) is 21.7 Å². The number of aliphatic carboxylic acids is 1. The van der Waals surface area contributed by atoms with Crippen LogP contribution in [0.5, 0.6) is 0 Å². The van der Waals surface area contributed by atoms with E-state index in [1.807, 2.05) is 25.7 Å². The summed E-state index contributed by atoms with van der Waals surface area (Å²) in [4.78, 5) is 37.0. The van der Waals surface area contributed by atoms with Gasteiger partial charge in [-0.1, -0.05) is 20.8 Å². The number of amides is 2. The molecule has 2 saturated heterocycles. The third-order valence-electron chi connectivity index (χ3n) is 4.77. The van der Waals surface area contributed by atoms with Crippen LogP contribution in [0.25, 0.3) is 0 Å². The van der Waals surface area contributed by atoms with Gasteiger partial charge in [-0.25, -0.2) is 9.80 Å². The molecule has 0 radical (unpaired) electrons. The molecule has 2 fully saturated rings. The molecule has 2 heterocycles. The molecule has 0 bridgehead atoms. The smallest absolute Gasteiger partial charge is 0.475 e. The summed E-state index contributed by atoms with van der Waals surface area (Å²) in [5, 5.41) is 17.8. The number of thioether (sulfide) groups is 1. The summed E-state index contributed by atoms with van der Waals surface area (Å²) in [5.74, 6) is 4.64. The van der Waals surface area contributed by atoms with Crippen LogP contribution in [0.4, 0.5) is 13.2 Å². The number of nitriles is 1. The van der Waals surface area contributed by atoms with Gasteiger partial charge >= 0.3 is 12.1 Å². The monoisotopic (exact) mass is 467 g/mol. The zero-order valence-corrected chi connectivity index (χ0v) is 18.5. The molecule has 0 saturated carbocycles. The maximum atomic E-state index is 12.3. The fourth-order valence-corrected chi connectivity index (χ4v) is 4.15. The highest BCUT2D eigenvalue weighted by atomic mass is 32.2. The molecule has 9 nitrogen and oxygen atoms in total. The number of hydrogen-bond acceptors (Lipinski definition) is 7. The van der Waals surface area contributed by atoms with Gasteiger partial charge in [-0.3, -0.25) is 15.4 Å². The fraction of sp³-hybridized carbons (Fsp3) is 0.778. The van der Waals surface area contributed by atoms with Crippen molar-refractivity contribution >= 4 is 29.5 Å². The minimum absolute atomic E-state index is 0.0914. The highest BCUT2D eigenvalue weighted by Crippen LogP contribution is 2.23. The Hall–Kier alpha value is -2.04. The van der Waals surface area contributed by atoms with E-state index in [0.29, 0.717) is 24.7 Å². The second-order valence-electron chi connectivity index (χ2n) is 8.26. The summed E-state index contributed by atoms with van der Waals surface area (Å²) in [7, 11) is 0. The number of likely N-dealkylation sites (tertiary alicyclic amines) is 1. The van der Waals surface area contributed by atoms with Crippen molar-refractivity contribution in [3.63, 3.8) is 0 Å². The summed E-state index contributed by atoms with van der Waals surface area (Å²) >= 11 is 1.59. The highest BCUT2D eigenvalue weighted by Gasteiger charge is 2.38. The second kappa shape index (κ2) is 11.0. The number of halogens is 3. The van der Waals surface area contributed by atoms with Gasteiger partial charge in [0.15, 0.2) is 0 Å². The minimum Gasteiger partial charge on any atom is -0.475 e. The van der Waals surface area contributed by atoms with Crippen LogP contribution >= 0.6 is 11.8 Å². The van der Waals surface area contributed by atoms with Gasteiger partial charge in [0.2, 0.25) is 11.8 Å². The quantitative estimate of drug-likeness (QED) is 0.469. The van der Waals surface area contributed by atoms with E-state index < -0.39 is 12.1 Å². The van der Waals surface area contributed by atoms with Crippen molar-refractivity contribution in [3.05, 3.63) is 0 Å². The van der Waals surface area contributed by atoms with Crippen molar-refractivity contribution in [1.29, 1.82) is 5.26 Å². The summed E-state index contributed by atoms with van der Waals surface area (Å²) < 4.78 is 31.7. The van der Waals surface area contributed by atoms with Crippen LogP contribution in [0.2, 0.25) is 0 Å². The molecule has 1 unspecified atom stereocenters. The molecule has 2 amide bonds. The molecule has 0 aromatic heterocycles. The number of carboxylic acids is 1. The van der Waals surface area contributed by atoms with Gasteiger partial charge < -0.3 is 14.9 Å². The zero-order chi connectivity index (χ0) is 24.0. The largest absolute Gasteiger partial charge is 0.490 e. The topological polar surface area (TPSA) is 131 Å². The Balaban J connectivity index is 0.000000592. The van der Waals surface area contributed by atoms with Crippen LogP contribution in [0.15, 0.2) is 0 Å². The molecule has 0 aliphatic carbocycles.